The van der Waals surface area contributed by atoms with Crippen molar-refractivity contribution in [3.8, 4) is 5.75 Å². The van der Waals surface area contributed by atoms with Gasteiger partial charge in [-0.05, 0) is 37.5 Å². The third-order valence-corrected chi connectivity index (χ3v) is 4.16. The molecule has 3 N–H and O–H groups in total. The van der Waals surface area contributed by atoms with Crippen LogP contribution in [0.5, 0.6) is 5.75 Å². The molecule has 0 spiro atoms. The zero-order valence-electron chi connectivity index (χ0n) is 13.6. The fourth-order valence-electron chi connectivity index (χ4n) is 2.35. The number of carbonyl (C=O) groups excluding carboxylic acids is 1. The van der Waals surface area contributed by atoms with Gasteiger partial charge in [0.15, 0.2) is 0 Å². The first-order valence-corrected chi connectivity index (χ1v) is 7.44. The summed E-state index contributed by atoms with van der Waals surface area (Å²) < 4.78 is 28.9. The third-order valence-electron chi connectivity index (χ3n) is 4.16. The summed E-state index contributed by atoms with van der Waals surface area (Å²) in [5.41, 5.74) is 5.87. The fourth-order valence-corrected chi connectivity index (χ4v) is 2.35. The largest absolute Gasteiger partial charge is 0.435 e. The van der Waals surface area contributed by atoms with Gasteiger partial charge < -0.3 is 15.8 Å². The molecule has 0 saturated heterocycles. The van der Waals surface area contributed by atoms with Crippen LogP contribution in [-0.4, -0.2) is 19.1 Å². The van der Waals surface area contributed by atoms with E-state index in [0.717, 1.165) is 0 Å². The number of hydrogen-bond acceptors (Lipinski definition) is 3. The maximum atomic E-state index is 12.5. The van der Waals surface area contributed by atoms with Gasteiger partial charge in [-0.3, -0.25) is 4.79 Å². The standard InChI is InChI=1S/C16H24F2N2O2.ClH/c1-4-16(5-2,10-19)14(21)20-11(3)12-7-6-8-13(9-12)22-15(17)18;/h6-9,11,15H,4-5,10,19H2,1-3H3,(H,20,21);1H. The van der Waals surface area contributed by atoms with Crippen molar-refractivity contribution in [3.63, 3.8) is 0 Å². The first-order chi connectivity index (χ1) is 10.4. The molecule has 23 heavy (non-hydrogen) atoms. The normalized spacial score (nSPS) is 12.5. The average molecular weight is 351 g/mol. The lowest BCUT2D eigenvalue weighted by Crippen LogP contribution is -2.46. The minimum atomic E-state index is -2.87. The summed E-state index contributed by atoms with van der Waals surface area (Å²) in [4.78, 5) is 12.5. The van der Waals surface area contributed by atoms with Crippen LogP contribution in [0.3, 0.4) is 0 Å². The van der Waals surface area contributed by atoms with E-state index in [1.54, 1.807) is 19.1 Å². The van der Waals surface area contributed by atoms with Crippen molar-refractivity contribution in [1.29, 1.82) is 0 Å². The molecule has 1 atom stereocenters. The van der Waals surface area contributed by atoms with Gasteiger partial charge in [0.1, 0.15) is 5.75 Å². The van der Waals surface area contributed by atoms with Crippen LogP contribution in [0.4, 0.5) is 8.78 Å². The Balaban J connectivity index is 0.00000484. The van der Waals surface area contributed by atoms with Gasteiger partial charge in [-0.15, -0.1) is 12.4 Å². The molecule has 0 aliphatic rings. The number of carbonyl (C=O) groups is 1. The molecule has 0 radical (unpaired) electrons. The van der Waals surface area contributed by atoms with Crippen LogP contribution >= 0.6 is 12.4 Å². The minimum absolute atomic E-state index is 0. The SMILES string of the molecule is CCC(CC)(CN)C(=O)NC(C)c1cccc(OC(F)F)c1.Cl. The van der Waals surface area contributed by atoms with Crippen molar-refractivity contribution in [2.75, 3.05) is 6.54 Å². The molecule has 0 saturated carbocycles. The zero-order chi connectivity index (χ0) is 16.8. The van der Waals surface area contributed by atoms with E-state index in [1.807, 2.05) is 13.8 Å². The van der Waals surface area contributed by atoms with Crippen LogP contribution in [0, 0.1) is 5.41 Å². The van der Waals surface area contributed by atoms with Gasteiger partial charge in [-0.2, -0.15) is 8.78 Å². The Morgan fingerprint density at radius 1 is 1.35 bits per heavy atom. The Morgan fingerprint density at radius 3 is 2.43 bits per heavy atom. The molecular formula is C16H25ClF2N2O2. The molecule has 1 rings (SSSR count). The highest BCUT2D eigenvalue weighted by Crippen LogP contribution is 2.27. The smallest absolute Gasteiger partial charge is 0.387 e. The van der Waals surface area contributed by atoms with E-state index < -0.39 is 12.0 Å². The highest BCUT2D eigenvalue weighted by atomic mass is 35.5. The molecule has 7 heteroatoms. The minimum Gasteiger partial charge on any atom is -0.435 e. The maximum Gasteiger partial charge on any atom is 0.387 e. The van der Waals surface area contributed by atoms with Crippen molar-refractivity contribution >= 4 is 18.3 Å². The lowest BCUT2D eigenvalue weighted by molar-refractivity contribution is -0.131. The molecule has 4 nitrogen and oxygen atoms in total. The highest BCUT2D eigenvalue weighted by Gasteiger charge is 2.34. The molecule has 1 amide bonds. The van der Waals surface area contributed by atoms with Gasteiger partial charge in [0.05, 0.1) is 11.5 Å². The molecule has 0 aliphatic heterocycles. The quantitative estimate of drug-likeness (QED) is 0.752. The van der Waals surface area contributed by atoms with E-state index in [9.17, 15) is 13.6 Å². The summed E-state index contributed by atoms with van der Waals surface area (Å²) in [6.45, 7) is 3.05. The zero-order valence-corrected chi connectivity index (χ0v) is 14.5. The maximum absolute atomic E-state index is 12.5. The Morgan fingerprint density at radius 2 is 1.96 bits per heavy atom. The molecule has 0 aliphatic carbocycles. The second kappa shape index (κ2) is 9.67. The van der Waals surface area contributed by atoms with Crippen LogP contribution in [0.15, 0.2) is 24.3 Å². The van der Waals surface area contributed by atoms with Crippen molar-refractivity contribution in [2.24, 2.45) is 11.1 Å². The number of hydrogen-bond donors (Lipinski definition) is 2. The van der Waals surface area contributed by atoms with E-state index in [2.05, 4.69) is 10.1 Å². The molecular weight excluding hydrogens is 326 g/mol. The summed E-state index contributed by atoms with van der Waals surface area (Å²) in [7, 11) is 0. The molecule has 1 aromatic rings. The van der Waals surface area contributed by atoms with E-state index in [-0.39, 0.29) is 36.7 Å². The predicted octanol–water partition coefficient (Wildman–Crippen LogP) is 3.65. The van der Waals surface area contributed by atoms with Crippen LogP contribution in [0.1, 0.15) is 45.2 Å². The lowest BCUT2D eigenvalue weighted by atomic mass is 9.81. The number of halogens is 3. The summed E-state index contributed by atoms with van der Waals surface area (Å²) in [6, 6.07) is 6.00. The lowest BCUT2D eigenvalue weighted by Gasteiger charge is -2.30. The van der Waals surface area contributed by atoms with Crippen LogP contribution in [0.25, 0.3) is 0 Å². The predicted molar refractivity (Wildman–Crippen MR) is 88.9 cm³/mol. The Bertz CT molecular complexity index is 488. The number of nitrogens with one attached hydrogen (secondary N) is 1. The Hall–Kier alpha value is -1.40. The molecule has 0 fully saturated rings. The molecule has 1 aromatic carbocycles. The number of benzene rings is 1. The topological polar surface area (TPSA) is 64.4 Å². The molecule has 132 valence electrons. The van der Waals surface area contributed by atoms with Gasteiger partial charge in [0.2, 0.25) is 5.91 Å². The molecule has 0 aromatic heterocycles. The summed E-state index contributed by atoms with van der Waals surface area (Å²) in [6.07, 6.45) is 1.29. The Kier molecular flexibility index (Phi) is 9.09. The number of ether oxygens (including phenoxy) is 1. The van der Waals surface area contributed by atoms with Gasteiger partial charge >= 0.3 is 6.61 Å². The first-order valence-electron chi connectivity index (χ1n) is 7.44. The second-order valence-corrected chi connectivity index (χ2v) is 5.34. The number of alkyl halides is 2. The monoisotopic (exact) mass is 350 g/mol. The van der Waals surface area contributed by atoms with Gasteiger partial charge in [-0.1, -0.05) is 26.0 Å². The van der Waals surface area contributed by atoms with Crippen molar-refractivity contribution < 1.29 is 18.3 Å². The van der Waals surface area contributed by atoms with E-state index in [4.69, 9.17) is 5.73 Å². The van der Waals surface area contributed by atoms with Gasteiger partial charge in [-0.25, -0.2) is 0 Å². The van der Waals surface area contributed by atoms with Crippen molar-refractivity contribution in [3.05, 3.63) is 29.8 Å². The number of nitrogens with two attached hydrogens (primary N) is 1. The number of amides is 1. The van der Waals surface area contributed by atoms with Crippen LogP contribution in [0.2, 0.25) is 0 Å². The first kappa shape index (κ1) is 21.6. The van der Waals surface area contributed by atoms with Crippen LogP contribution in [-0.2, 0) is 4.79 Å². The van der Waals surface area contributed by atoms with E-state index >= 15 is 0 Å². The summed E-state index contributed by atoms with van der Waals surface area (Å²) in [5.74, 6) is -0.0441. The van der Waals surface area contributed by atoms with E-state index in [1.165, 1.54) is 12.1 Å². The summed E-state index contributed by atoms with van der Waals surface area (Å²) in [5, 5.41) is 2.91. The molecule has 0 bridgehead atoms. The molecule has 0 heterocycles. The fraction of sp³-hybridized carbons (Fsp3) is 0.562. The second-order valence-electron chi connectivity index (χ2n) is 5.34. The average Bonchev–Trinajstić information content (AvgIpc) is 2.49. The van der Waals surface area contributed by atoms with Crippen molar-refractivity contribution in [1.82, 2.24) is 5.32 Å². The molecule has 1 unspecified atom stereocenters. The number of rotatable bonds is 8. The Labute approximate surface area is 142 Å². The summed E-state index contributed by atoms with van der Waals surface area (Å²) >= 11 is 0. The van der Waals surface area contributed by atoms with Gasteiger partial charge in [0, 0.05) is 6.54 Å². The van der Waals surface area contributed by atoms with Gasteiger partial charge in [0.25, 0.3) is 0 Å². The highest BCUT2D eigenvalue weighted by molar-refractivity contribution is 5.85. The van der Waals surface area contributed by atoms with E-state index in [0.29, 0.717) is 18.4 Å². The van der Waals surface area contributed by atoms with Crippen LogP contribution < -0.4 is 15.8 Å². The third kappa shape index (κ3) is 5.62. The van der Waals surface area contributed by atoms with Crippen molar-refractivity contribution in [2.45, 2.75) is 46.3 Å².